The van der Waals surface area contributed by atoms with Crippen LogP contribution in [-0.4, -0.2) is 45.4 Å². The normalized spacial score (nSPS) is 15.6. The fourth-order valence-electron chi connectivity index (χ4n) is 3.15. The van der Waals surface area contributed by atoms with Gasteiger partial charge in [-0.2, -0.15) is 0 Å². The molecular weight excluding hydrogens is 361 g/mol. The molecule has 1 saturated heterocycles. The highest BCUT2D eigenvalue weighted by molar-refractivity contribution is 6.33. The van der Waals surface area contributed by atoms with Gasteiger partial charge in [-0.3, -0.25) is 9.48 Å². The summed E-state index contributed by atoms with van der Waals surface area (Å²) in [6.45, 7) is 2.45. The number of hydrogen-bond donors (Lipinski definition) is 1. The molecule has 1 amide bonds. The molecule has 0 spiro atoms. The van der Waals surface area contributed by atoms with E-state index in [1.54, 1.807) is 16.9 Å². The maximum Gasteiger partial charge on any atom is 0.276 e. The third-order valence-corrected chi connectivity index (χ3v) is 5.14. The van der Waals surface area contributed by atoms with Crippen molar-refractivity contribution in [1.82, 2.24) is 19.9 Å². The number of carbonyl (C=O) groups is 1. The van der Waals surface area contributed by atoms with Crippen molar-refractivity contribution in [2.75, 3.05) is 19.6 Å². The van der Waals surface area contributed by atoms with E-state index >= 15 is 0 Å². The van der Waals surface area contributed by atoms with E-state index < -0.39 is 0 Å². The van der Waals surface area contributed by atoms with E-state index in [-0.39, 0.29) is 5.91 Å². The predicted molar refractivity (Wildman–Crippen MR) is 97.9 cm³/mol. The van der Waals surface area contributed by atoms with E-state index in [2.05, 4.69) is 10.3 Å². The van der Waals surface area contributed by atoms with Crippen LogP contribution in [0.1, 0.15) is 28.9 Å². The molecule has 0 atom stereocenters. The molecule has 1 aromatic heterocycles. The largest absolute Gasteiger partial charge is 0.337 e. The first kappa shape index (κ1) is 18.2. The summed E-state index contributed by atoms with van der Waals surface area (Å²) >= 11 is 12.3. The second kappa shape index (κ2) is 8.17. The van der Waals surface area contributed by atoms with E-state index in [0.29, 0.717) is 42.8 Å². The Hall–Kier alpha value is -1.63. The van der Waals surface area contributed by atoms with Gasteiger partial charge in [-0.05, 0) is 48.9 Å². The van der Waals surface area contributed by atoms with Crippen molar-refractivity contribution in [3.8, 4) is 0 Å². The minimum absolute atomic E-state index is 0.0671. The van der Waals surface area contributed by atoms with Gasteiger partial charge in [-0.15, -0.1) is 5.10 Å². The van der Waals surface area contributed by atoms with Crippen LogP contribution in [0, 0.1) is 5.92 Å². The smallest absolute Gasteiger partial charge is 0.276 e. The first-order valence-electron chi connectivity index (χ1n) is 8.40. The highest BCUT2D eigenvalue weighted by Crippen LogP contribution is 2.28. The standard InChI is InChI=1S/C17H21Cl2N5O/c18-14-1-2-15(19)13(10-14)9-12-3-6-23(7-4-12)17(25)16-11-24(8-5-20)22-21-16/h1-2,10-12H,3-9,20H2. The molecule has 2 N–H and O–H groups in total. The number of benzene rings is 1. The number of nitrogens with zero attached hydrogens (tertiary/aromatic N) is 4. The van der Waals surface area contributed by atoms with Gasteiger partial charge in [0.15, 0.2) is 5.69 Å². The number of nitrogens with two attached hydrogens (primary N) is 1. The number of halogens is 2. The average Bonchev–Trinajstić information content (AvgIpc) is 3.07. The number of piperidine rings is 1. The molecule has 6 nitrogen and oxygen atoms in total. The van der Waals surface area contributed by atoms with Gasteiger partial charge in [0.05, 0.1) is 12.7 Å². The Morgan fingerprint density at radius 1 is 1.28 bits per heavy atom. The molecule has 0 saturated carbocycles. The second-order valence-electron chi connectivity index (χ2n) is 6.33. The molecule has 2 aromatic rings. The summed E-state index contributed by atoms with van der Waals surface area (Å²) in [5, 5.41) is 9.33. The summed E-state index contributed by atoms with van der Waals surface area (Å²) in [7, 11) is 0. The van der Waals surface area contributed by atoms with Crippen molar-refractivity contribution in [1.29, 1.82) is 0 Å². The maximum absolute atomic E-state index is 12.5. The number of aromatic nitrogens is 3. The lowest BCUT2D eigenvalue weighted by atomic mass is 9.90. The third kappa shape index (κ3) is 4.51. The highest BCUT2D eigenvalue weighted by Gasteiger charge is 2.25. The van der Waals surface area contributed by atoms with Crippen LogP contribution >= 0.6 is 23.2 Å². The fraction of sp³-hybridized carbons (Fsp3) is 0.471. The number of amides is 1. The van der Waals surface area contributed by atoms with Crippen LogP contribution in [0.15, 0.2) is 24.4 Å². The molecule has 8 heteroatoms. The summed E-state index contributed by atoms with van der Waals surface area (Å²) < 4.78 is 1.60. The van der Waals surface area contributed by atoms with Gasteiger partial charge in [-0.25, -0.2) is 0 Å². The quantitative estimate of drug-likeness (QED) is 0.863. The zero-order valence-electron chi connectivity index (χ0n) is 13.9. The molecule has 25 heavy (non-hydrogen) atoms. The molecule has 1 aromatic carbocycles. The van der Waals surface area contributed by atoms with Crippen molar-refractivity contribution in [3.05, 3.63) is 45.7 Å². The Bertz CT molecular complexity index is 740. The Morgan fingerprint density at radius 2 is 2.04 bits per heavy atom. The molecule has 2 heterocycles. The molecule has 0 radical (unpaired) electrons. The van der Waals surface area contributed by atoms with E-state index in [0.717, 1.165) is 29.8 Å². The molecule has 1 fully saturated rings. The zero-order chi connectivity index (χ0) is 17.8. The average molecular weight is 382 g/mol. The maximum atomic E-state index is 12.5. The zero-order valence-corrected chi connectivity index (χ0v) is 15.4. The Labute approximate surface area is 156 Å². The lowest BCUT2D eigenvalue weighted by Crippen LogP contribution is -2.39. The third-order valence-electron chi connectivity index (χ3n) is 4.53. The first-order chi connectivity index (χ1) is 12.1. The molecule has 134 valence electrons. The van der Waals surface area contributed by atoms with E-state index in [1.807, 2.05) is 17.0 Å². The van der Waals surface area contributed by atoms with Crippen LogP contribution in [0.25, 0.3) is 0 Å². The Morgan fingerprint density at radius 3 is 2.76 bits per heavy atom. The van der Waals surface area contributed by atoms with Gasteiger partial charge < -0.3 is 10.6 Å². The van der Waals surface area contributed by atoms with Crippen LogP contribution in [0.3, 0.4) is 0 Å². The lowest BCUT2D eigenvalue weighted by Gasteiger charge is -2.31. The molecule has 0 aliphatic carbocycles. The van der Waals surface area contributed by atoms with E-state index in [4.69, 9.17) is 28.9 Å². The molecule has 0 unspecified atom stereocenters. The number of carbonyl (C=O) groups excluding carboxylic acids is 1. The van der Waals surface area contributed by atoms with Gasteiger partial charge in [0.2, 0.25) is 0 Å². The molecule has 1 aliphatic rings. The van der Waals surface area contributed by atoms with Gasteiger partial charge in [0.1, 0.15) is 0 Å². The SMILES string of the molecule is NCCn1cc(C(=O)N2CCC(Cc3cc(Cl)ccc3Cl)CC2)nn1. The predicted octanol–water partition coefficient (Wildman–Crippen LogP) is 2.64. The minimum atomic E-state index is -0.0671. The highest BCUT2D eigenvalue weighted by atomic mass is 35.5. The summed E-state index contributed by atoms with van der Waals surface area (Å²) in [6, 6.07) is 5.56. The summed E-state index contributed by atoms with van der Waals surface area (Å²) in [6.07, 6.45) is 4.41. The van der Waals surface area contributed by atoms with Crippen LogP contribution in [0.4, 0.5) is 0 Å². The van der Waals surface area contributed by atoms with Gasteiger partial charge in [0, 0.05) is 29.7 Å². The van der Waals surface area contributed by atoms with Crippen LogP contribution in [0.2, 0.25) is 10.0 Å². The number of rotatable bonds is 5. The Balaban J connectivity index is 1.56. The van der Waals surface area contributed by atoms with Crippen molar-refractivity contribution in [3.63, 3.8) is 0 Å². The summed E-state index contributed by atoms with van der Waals surface area (Å²) in [5.41, 5.74) is 6.94. The first-order valence-corrected chi connectivity index (χ1v) is 9.16. The summed E-state index contributed by atoms with van der Waals surface area (Å²) in [4.78, 5) is 14.4. The molecule has 1 aliphatic heterocycles. The fourth-order valence-corrected chi connectivity index (χ4v) is 3.54. The van der Waals surface area contributed by atoms with Crippen molar-refractivity contribution in [2.24, 2.45) is 11.7 Å². The van der Waals surface area contributed by atoms with Gasteiger partial charge in [-0.1, -0.05) is 28.4 Å². The van der Waals surface area contributed by atoms with Crippen molar-refractivity contribution < 1.29 is 4.79 Å². The van der Waals surface area contributed by atoms with Gasteiger partial charge >= 0.3 is 0 Å². The molecule has 0 bridgehead atoms. The van der Waals surface area contributed by atoms with Crippen LogP contribution < -0.4 is 5.73 Å². The van der Waals surface area contributed by atoms with Gasteiger partial charge in [0.25, 0.3) is 5.91 Å². The molecular formula is C17H21Cl2N5O. The number of likely N-dealkylation sites (tertiary alicyclic amines) is 1. The number of hydrogen-bond acceptors (Lipinski definition) is 4. The van der Waals surface area contributed by atoms with E-state index in [9.17, 15) is 4.79 Å². The monoisotopic (exact) mass is 381 g/mol. The van der Waals surface area contributed by atoms with E-state index in [1.165, 1.54) is 0 Å². The molecule has 3 rings (SSSR count). The van der Waals surface area contributed by atoms with Crippen molar-refractivity contribution in [2.45, 2.75) is 25.8 Å². The topological polar surface area (TPSA) is 77.0 Å². The lowest BCUT2D eigenvalue weighted by molar-refractivity contribution is 0.0684. The second-order valence-corrected chi connectivity index (χ2v) is 7.17. The minimum Gasteiger partial charge on any atom is -0.337 e. The van der Waals surface area contributed by atoms with Crippen molar-refractivity contribution >= 4 is 29.1 Å². The summed E-state index contributed by atoms with van der Waals surface area (Å²) in [5.74, 6) is 0.426. The van der Waals surface area contributed by atoms with Crippen LogP contribution in [0.5, 0.6) is 0 Å². The van der Waals surface area contributed by atoms with Crippen LogP contribution in [-0.2, 0) is 13.0 Å². The Kier molecular flexibility index (Phi) is 5.93.